The van der Waals surface area contributed by atoms with Crippen molar-refractivity contribution in [3.8, 4) is 0 Å². The van der Waals surface area contributed by atoms with Gasteiger partial charge in [-0.25, -0.2) is 0 Å². The van der Waals surface area contributed by atoms with Gasteiger partial charge in [-0.2, -0.15) is 0 Å². The molecular weight excluding hydrogens is 180 g/mol. The maximum atomic E-state index is 10.5. The van der Waals surface area contributed by atoms with E-state index in [1.165, 1.54) is 0 Å². The Hall–Kier alpha value is 0.746. The molecule has 0 atom stereocenters. The van der Waals surface area contributed by atoms with Crippen molar-refractivity contribution in [1.82, 2.24) is 0 Å². The third kappa shape index (κ3) is 2.37. The number of hydrogen-bond acceptors (Lipinski definition) is 7. The molecule has 0 aromatic rings. The molecule has 2 heterocycles. The summed E-state index contributed by atoms with van der Waals surface area (Å²) in [5.41, 5.74) is 0. The molecule has 12 heteroatoms. The Kier molecular flexibility index (Phi) is 3.89. The first-order chi connectivity index (χ1) is 5.24. The molecule has 56 valence electrons. The van der Waals surface area contributed by atoms with E-state index >= 15 is 0 Å². The van der Waals surface area contributed by atoms with Gasteiger partial charge in [0.2, 0.25) is 0 Å². The van der Waals surface area contributed by atoms with Crippen LogP contribution in [0.15, 0.2) is 0 Å². The largest absolute Gasteiger partial charge is 2.00 e. The minimum absolute atomic E-state index is 0. The second-order valence-electron chi connectivity index (χ2n) is 1.84. The minimum atomic E-state index is -1.73. The van der Waals surface area contributed by atoms with Gasteiger partial charge in [0.15, 0.2) is 0 Å². The van der Waals surface area contributed by atoms with Crippen molar-refractivity contribution in [2.24, 2.45) is 0 Å². The monoisotopic (exact) mass is 180 g/mol. The predicted molar refractivity (Wildman–Crippen MR) is 34.2 cm³/mol. The third-order valence-corrected chi connectivity index (χ3v) is 1.11. The molecule has 2 bridgehead atoms. The Labute approximate surface area is 85.5 Å². The summed E-state index contributed by atoms with van der Waals surface area (Å²) in [6.45, 7) is 0. The van der Waals surface area contributed by atoms with E-state index < -0.39 is 29.3 Å². The molecule has 0 aliphatic carbocycles. The number of hydrogen-bond donors (Lipinski definition) is 0. The summed E-state index contributed by atoms with van der Waals surface area (Å²) in [7, 11) is -6.00. The fourth-order valence-electron chi connectivity index (χ4n) is 0.710. The summed E-state index contributed by atoms with van der Waals surface area (Å²) in [5.74, 6) is 0. The SMILES string of the molecule is [Mg+2].[O-]B1OB2OB([O-])OB(O1)O2. The van der Waals surface area contributed by atoms with Crippen LogP contribution in [0.3, 0.4) is 0 Å². The zero-order chi connectivity index (χ0) is 7.84. The molecule has 0 aromatic heterocycles. The summed E-state index contributed by atoms with van der Waals surface area (Å²) in [4.78, 5) is 0. The van der Waals surface area contributed by atoms with Gasteiger partial charge in [-0.15, -0.1) is 0 Å². The van der Waals surface area contributed by atoms with Gasteiger partial charge in [0.25, 0.3) is 0 Å². The van der Waals surface area contributed by atoms with Crippen LogP contribution in [0.4, 0.5) is 0 Å². The normalized spacial score (nSPS) is 22.5. The first-order valence-electron chi connectivity index (χ1n) is 2.83. The molecule has 2 aliphatic rings. The van der Waals surface area contributed by atoms with Gasteiger partial charge in [0.1, 0.15) is 0 Å². The second-order valence-corrected chi connectivity index (χ2v) is 1.84. The average Bonchev–Trinajstić information content (AvgIpc) is 1.82. The van der Waals surface area contributed by atoms with Gasteiger partial charge in [-0.3, -0.25) is 0 Å². The first-order valence-corrected chi connectivity index (χ1v) is 2.83. The van der Waals surface area contributed by atoms with E-state index in [-0.39, 0.29) is 23.1 Å². The van der Waals surface area contributed by atoms with Crippen LogP contribution in [-0.2, 0) is 22.9 Å². The van der Waals surface area contributed by atoms with Gasteiger partial charge in [0, 0.05) is 0 Å². The van der Waals surface area contributed by atoms with Crippen molar-refractivity contribution in [1.29, 1.82) is 0 Å². The minimum Gasteiger partial charge on any atom is -0.833 e. The van der Waals surface area contributed by atoms with Gasteiger partial charge in [-0.05, 0) is 0 Å². The van der Waals surface area contributed by atoms with Crippen molar-refractivity contribution in [3.63, 3.8) is 0 Å². The van der Waals surface area contributed by atoms with E-state index in [9.17, 15) is 10.0 Å². The molecule has 0 aromatic carbocycles. The van der Waals surface area contributed by atoms with E-state index in [1.54, 1.807) is 0 Å². The zero-order valence-corrected chi connectivity index (χ0v) is 7.29. The number of rotatable bonds is 0. The molecule has 0 radical (unpaired) electrons. The van der Waals surface area contributed by atoms with Crippen LogP contribution in [0.2, 0.25) is 0 Å². The molecule has 0 saturated carbocycles. The van der Waals surface area contributed by atoms with Crippen molar-refractivity contribution in [3.05, 3.63) is 0 Å². The number of fused-ring (bicyclic) bond motifs is 2. The Bertz CT molecular complexity index is 121. The molecule has 0 unspecified atom stereocenters. The summed E-state index contributed by atoms with van der Waals surface area (Å²) in [6, 6.07) is 0. The van der Waals surface area contributed by atoms with Crippen LogP contribution in [0.1, 0.15) is 0 Å². The average molecular weight is 180 g/mol. The van der Waals surface area contributed by atoms with Gasteiger partial charge in [0.05, 0.1) is 0 Å². The molecule has 2 rings (SSSR count). The standard InChI is InChI=1S/B4O7.Mg/c5-1-7-3-9-2(6)10-4(8-1)11-3;/q-2;+2. The molecule has 2 saturated heterocycles. The van der Waals surface area contributed by atoms with Crippen LogP contribution in [0, 0.1) is 0 Å². The van der Waals surface area contributed by atoms with Crippen LogP contribution < -0.4 is 10.0 Å². The fraction of sp³-hybridized carbons (Fsp3) is 0. The summed E-state index contributed by atoms with van der Waals surface area (Å²) < 4.78 is 21.9. The van der Waals surface area contributed by atoms with E-state index in [4.69, 9.17) is 0 Å². The topological polar surface area (TPSA) is 92.3 Å². The Balaban J connectivity index is 0.000000720. The van der Waals surface area contributed by atoms with E-state index in [0.29, 0.717) is 0 Å². The zero-order valence-electron chi connectivity index (χ0n) is 5.87. The maximum absolute atomic E-state index is 10.5. The quantitative estimate of drug-likeness (QED) is 0.346. The fourth-order valence-corrected chi connectivity index (χ4v) is 0.710. The Morgan fingerprint density at radius 3 is 1.33 bits per heavy atom. The van der Waals surface area contributed by atoms with E-state index in [1.807, 2.05) is 0 Å². The molecule has 0 N–H and O–H groups in total. The maximum Gasteiger partial charge on any atom is 2.00 e. The van der Waals surface area contributed by atoms with Crippen LogP contribution in [0.25, 0.3) is 0 Å². The predicted octanol–water partition coefficient (Wildman–Crippen LogP) is -4.62. The smallest absolute Gasteiger partial charge is 0.833 e. The van der Waals surface area contributed by atoms with Crippen molar-refractivity contribution >= 4 is 52.3 Å². The van der Waals surface area contributed by atoms with Crippen molar-refractivity contribution < 1.29 is 32.9 Å². The molecule has 0 spiro atoms. The van der Waals surface area contributed by atoms with Gasteiger partial charge >= 0.3 is 52.3 Å². The van der Waals surface area contributed by atoms with Crippen molar-refractivity contribution in [2.75, 3.05) is 0 Å². The molecule has 2 fully saturated rings. The molecule has 2 aliphatic heterocycles. The third-order valence-electron chi connectivity index (χ3n) is 1.11. The van der Waals surface area contributed by atoms with Gasteiger partial charge < -0.3 is 32.9 Å². The van der Waals surface area contributed by atoms with Crippen LogP contribution in [-0.4, -0.2) is 52.3 Å². The first kappa shape index (κ1) is 10.8. The Morgan fingerprint density at radius 1 is 0.667 bits per heavy atom. The van der Waals surface area contributed by atoms with Crippen molar-refractivity contribution in [2.45, 2.75) is 0 Å². The molecule has 7 nitrogen and oxygen atoms in total. The van der Waals surface area contributed by atoms with Gasteiger partial charge in [-0.1, -0.05) is 0 Å². The second kappa shape index (κ2) is 4.31. The molecule has 0 amide bonds. The van der Waals surface area contributed by atoms with E-state index in [0.717, 1.165) is 0 Å². The van der Waals surface area contributed by atoms with Crippen LogP contribution in [0.5, 0.6) is 0 Å². The molecular formula is B4MgO7. The van der Waals surface area contributed by atoms with E-state index in [2.05, 4.69) is 22.9 Å². The summed E-state index contributed by atoms with van der Waals surface area (Å²) in [6.07, 6.45) is 0. The Morgan fingerprint density at radius 2 is 1.00 bits per heavy atom. The summed E-state index contributed by atoms with van der Waals surface area (Å²) in [5, 5.41) is 21.0. The van der Waals surface area contributed by atoms with Crippen LogP contribution >= 0.6 is 0 Å². The molecule has 12 heavy (non-hydrogen) atoms. The summed E-state index contributed by atoms with van der Waals surface area (Å²) >= 11 is 0.